The van der Waals surface area contributed by atoms with Gasteiger partial charge in [0, 0.05) is 0 Å². The molecule has 3 aliphatic carbocycles. The van der Waals surface area contributed by atoms with Crippen LogP contribution in [0, 0.1) is 11.8 Å². The number of hydrogen-bond donors (Lipinski definition) is 7. The van der Waals surface area contributed by atoms with Crippen LogP contribution in [0.2, 0.25) is 0 Å². The van der Waals surface area contributed by atoms with E-state index in [4.69, 9.17) is 5.73 Å². The molecule has 1 amide bonds. The zero-order chi connectivity index (χ0) is 24.8. The summed E-state index contributed by atoms with van der Waals surface area (Å²) >= 11 is 0. The fourth-order valence-corrected chi connectivity index (χ4v) is 5.60. The highest BCUT2D eigenvalue weighted by molar-refractivity contribution is 6.24. The Labute approximate surface area is 187 Å². The van der Waals surface area contributed by atoms with Crippen molar-refractivity contribution in [1.29, 1.82) is 0 Å². The Morgan fingerprint density at radius 1 is 1.12 bits per heavy atom. The molecule has 11 heteroatoms. The van der Waals surface area contributed by atoms with E-state index in [2.05, 4.69) is 0 Å². The number of aliphatic hydroxyl groups excluding tert-OH is 3. The topological polar surface area (TPSA) is 202 Å². The fraction of sp³-hybridized carbons (Fsp3) is 0.409. The van der Waals surface area contributed by atoms with Gasteiger partial charge in [-0.05, 0) is 32.6 Å². The molecule has 6 atom stereocenters. The number of primary amides is 1. The van der Waals surface area contributed by atoms with Crippen molar-refractivity contribution >= 4 is 23.2 Å². The highest BCUT2D eigenvalue weighted by Crippen LogP contribution is 2.57. The molecule has 0 unspecified atom stereocenters. The molecular formula is C22H24N2O9. The van der Waals surface area contributed by atoms with E-state index in [0.717, 1.165) is 0 Å². The molecule has 1 aromatic carbocycles. The van der Waals surface area contributed by atoms with Gasteiger partial charge in [-0.15, -0.1) is 0 Å². The first-order chi connectivity index (χ1) is 15.2. The summed E-state index contributed by atoms with van der Waals surface area (Å²) in [6, 6.07) is 2.50. The van der Waals surface area contributed by atoms with Crippen LogP contribution in [0.1, 0.15) is 18.1 Å². The van der Waals surface area contributed by atoms with E-state index in [1.165, 1.54) is 44.1 Å². The Balaban J connectivity index is 2.11. The summed E-state index contributed by atoms with van der Waals surface area (Å²) in [5, 5.41) is 66.3. The lowest BCUT2D eigenvalue weighted by Gasteiger charge is -2.55. The van der Waals surface area contributed by atoms with Crippen molar-refractivity contribution in [3.8, 4) is 5.75 Å². The van der Waals surface area contributed by atoms with Crippen LogP contribution in [-0.2, 0) is 20.0 Å². The summed E-state index contributed by atoms with van der Waals surface area (Å²) in [5.41, 5.74) is -1.78. The highest BCUT2D eigenvalue weighted by Gasteiger charge is 2.70. The lowest BCUT2D eigenvalue weighted by Crippen LogP contribution is -2.71. The van der Waals surface area contributed by atoms with E-state index in [1.807, 2.05) is 0 Å². The normalized spacial score (nSPS) is 36.0. The third-order valence-corrected chi connectivity index (χ3v) is 7.03. The molecule has 3 aliphatic rings. The van der Waals surface area contributed by atoms with Gasteiger partial charge in [-0.1, -0.05) is 12.1 Å². The average Bonchev–Trinajstić information content (AvgIpc) is 2.70. The third kappa shape index (κ3) is 2.61. The molecule has 1 fully saturated rings. The molecule has 0 bridgehead atoms. The summed E-state index contributed by atoms with van der Waals surface area (Å²) in [7, 11) is 2.80. The monoisotopic (exact) mass is 460 g/mol. The van der Waals surface area contributed by atoms with Gasteiger partial charge in [0.1, 0.15) is 22.8 Å². The molecule has 4 rings (SSSR count). The van der Waals surface area contributed by atoms with E-state index >= 15 is 0 Å². The van der Waals surface area contributed by atoms with Crippen LogP contribution in [0.4, 0.5) is 0 Å². The zero-order valence-electron chi connectivity index (χ0n) is 18.0. The number of carbonyl (C=O) groups is 3. The van der Waals surface area contributed by atoms with Crippen molar-refractivity contribution in [2.75, 3.05) is 14.1 Å². The molecule has 33 heavy (non-hydrogen) atoms. The highest BCUT2D eigenvalue weighted by atomic mass is 16.4. The number of phenolic OH excluding ortho intramolecular Hbond substituents is 1. The summed E-state index contributed by atoms with van der Waals surface area (Å²) in [4.78, 5) is 39.9. The van der Waals surface area contributed by atoms with E-state index in [9.17, 15) is 45.0 Å². The number of likely N-dealkylation sites (N-methyl/N-ethyl adjacent to an activating group) is 1. The lowest BCUT2D eigenvalue weighted by molar-refractivity contribution is -0.181. The third-order valence-electron chi connectivity index (χ3n) is 7.03. The number of phenols is 1. The minimum Gasteiger partial charge on any atom is -0.508 e. The number of aromatic hydroxyl groups is 1. The van der Waals surface area contributed by atoms with Crippen molar-refractivity contribution in [2.24, 2.45) is 17.6 Å². The van der Waals surface area contributed by atoms with Crippen LogP contribution in [0.15, 0.2) is 35.1 Å². The van der Waals surface area contributed by atoms with E-state index < -0.39 is 81.1 Å². The second-order valence-corrected chi connectivity index (χ2v) is 9.06. The van der Waals surface area contributed by atoms with Crippen LogP contribution in [0.5, 0.6) is 5.75 Å². The molecule has 0 spiro atoms. The maximum atomic E-state index is 13.7. The summed E-state index contributed by atoms with van der Waals surface area (Å²) < 4.78 is 0. The first-order valence-electron chi connectivity index (χ1n) is 10.1. The number of carbonyl (C=O) groups excluding carboxylic acids is 3. The van der Waals surface area contributed by atoms with Crippen molar-refractivity contribution in [1.82, 2.24) is 4.90 Å². The number of nitrogens with zero attached hydrogens (tertiary/aromatic N) is 1. The number of hydrogen-bond acceptors (Lipinski definition) is 10. The number of benzene rings is 1. The second kappa shape index (κ2) is 6.87. The fourth-order valence-electron chi connectivity index (χ4n) is 5.60. The van der Waals surface area contributed by atoms with Crippen molar-refractivity contribution < 1.29 is 45.0 Å². The number of fused-ring (bicyclic) bond motifs is 3. The molecule has 1 aromatic rings. The van der Waals surface area contributed by atoms with Crippen molar-refractivity contribution in [2.45, 2.75) is 30.3 Å². The Hall–Kier alpha value is -3.25. The van der Waals surface area contributed by atoms with Gasteiger partial charge in [-0.3, -0.25) is 19.3 Å². The first kappa shape index (κ1) is 22.9. The molecule has 0 heterocycles. The minimum absolute atomic E-state index is 0.00664. The van der Waals surface area contributed by atoms with Gasteiger partial charge in [0.2, 0.25) is 5.78 Å². The smallest absolute Gasteiger partial charge is 0.255 e. The van der Waals surface area contributed by atoms with Gasteiger partial charge in [-0.2, -0.15) is 0 Å². The molecule has 0 aliphatic heterocycles. The molecule has 0 aromatic heterocycles. The summed E-state index contributed by atoms with van der Waals surface area (Å²) in [6.45, 7) is 1.25. The van der Waals surface area contributed by atoms with Crippen LogP contribution >= 0.6 is 0 Å². The number of amides is 1. The van der Waals surface area contributed by atoms with E-state index in [0.29, 0.717) is 0 Å². The van der Waals surface area contributed by atoms with Crippen molar-refractivity contribution in [3.05, 3.63) is 46.2 Å². The number of aliphatic hydroxyl groups is 5. The van der Waals surface area contributed by atoms with E-state index in [1.54, 1.807) is 0 Å². The average molecular weight is 460 g/mol. The standard InChI is InChI=1S/C22H24N2O9/c1-21(32)7-5-4-6-8(25)9(7)15(26)10-12(21)17(28)13-14(24(2)3)16(27)11(20(23)31)19(30)22(13,33)18(10)29/h4-6,12-14,17,25-26,28,30,32-33H,1-3H3,(H2,23,31)/t12-,13+,14-,17+,21-,22+/m0/s1. The van der Waals surface area contributed by atoms with Gasteiger partial charge >= 0.3 is 0 Å². The van der Waals surface area contributed by atoms with E-state index in [-0.39, 0.29) is 11.1 Å². The van der Waals surface area contributed by atoms with Crippen LogP contribution < -0.4 is 5.73 Å². The number of rotatable bonds is 2. The SMILES string of the molecule is CN(C)[C@@H]1C(=O)C(C(N)=O)=C(O)[C@]2(O)C(=O)C3=C(O)c4c(O)cccc4[C@](C)(O)[C@@H]3[C@@H](O)[C@@H]12. The molecule has 0 saturated heterocycles. The molecular weight excluding hydrogens is 436 g/mol. The van der Waals surface area contributed by atoms with Crippen LogP contribution in [0.25, 0.3) is 5.76 Å². The van der Waals surface area contributed by atoms with Crippen molar-refractivity contribution in [3.63, 3.8) is 0 Å². The molecule has 1 saturated carbocycles. The minimum atomic E-state index is -3.02. The molecule has 176 valence electrons. The van der Waals surface area contributed by atoms with Gasteiger partial charge < -0.3 is 36.4 Å². The molecule has 8 N–H and O–H groups in total. The maximum Gasteiger partial charge on any atom is 0.255 e. The van der Waals surface area contributed by atoms with Crippen LogP contribution in [-0.4, -0.2) is 84.9 Å². The second-order valence-electron chi connectivity index (χ2n) is 9.06. The molecule has 11 nitrogen and oxygen atoms in total. The Kier molecular flexibility index (Phi) is 4.78. The van der Waals surface area contributed by atoms with Gasteiger partial charge in [0.15, 0.2) is 11.4 Å². The summed E-state index contributed by atoms with van der Waals surface area (Å²) in [6.07, 6.45) is -1.87. The van der Waals surface area contributed by atoms with Gasteiger partial charge in [0.05, 0.1) is 40.7 Å². The maximum absolute atomic E-state index is 13.7. The zero-order valence-corrected chi connectivity index (χ0v) is 18.0. The number of ketones is 2. The number of Topliss-reactive ketones (excluding diaryl/α,β-unsaturated/α-hetero) is 2. The first-order valence-corrected chi connectivity index (χ1v) is 10.1. The Morgan fingerprint density at radius 2 is 1.73 bits per heavy atom. The number of nitrogens with two attached hydrogens (primary N) is 1. The largest absolute Gasteiger partial charge is 0.508 e. The van der Waals surface area contributed by atoms with Gasteiger partial charge in [0.25, 0.3) is 5.91 Å². The lowest BCUT2D eigenvalue weighted by atomic mass is 9.53. The van der Waals surface area contributed by atoms with Gasteiger partial charge in [-0.25, -0.2) is 0 Å². The predicted molar refractivity (Wildman–Crippen MR) is 112 cm³/mol. The summed E-state index contributed by atoms with van der Waals surface area (Å²) in [5.74, 6) is -9.67. The van der Waals surface area contributed by atoms with Crippen LogP contribution in [0.3, 0.4) is 0 Å². The Bertz CT molecular complexity index is 1180. The Morgan fingerprint density at radius 3 is 2.27 bits per heavy atom. The quantitative estimate of drug-likeness (QED) is 0.257. The predicted octanol–water partition coefficient (Wildman–Crippen LogP) is -1.40. The molecule has 0 radical (unpaired) electrons.